The van der Waals surface area contributed by atoms with Gasteiger partial charge in [0.1, 0.15) is 49.1 Å². The van der Waals surface area contributed by atoms with Crippen molar-refractivity contribution in [3.05, 3.63) is 250 Å². The number of phenols is 3. The minimum atomic E-state index is -0.352. The molecule has 0 radical (unpaired) electrons. The number of rotatable bonds is 6. The van der Waals surface area contributed by atoms with E-state index < -0.39 is 0 Å². The summed E-state index contributed by atoms with van der Waals surface area (Å²) in [5, 5.41) is 56.6. The Hall–Kier alpha value is -9.17. The lowest BCUT2D eigenvalue weighted by atomic mass is 9.75. The summed E-state index contributed by atoms with van der Waals surface area (Å²) < 4.78 is 18.4. The molecule has 0 amide bonds. The molecule has 0 saturated heterocycles. The van der Waals surface area contributed by atoms with Crippen LogP contribution in [0.2, 0.25) is 0 Å². The molecule has 372 valence electrons. The van der Waals surface area contributed by atoms with Gasteiger partial charge in [0, 0.05) is 81.0 Å². The molecular weight excluding hydrogens is 907 g/mol. The van der Waals surface area contributed by atoms with Gasteiger partial charge in [-0.2, -0.15) is 15.8 Å². The third kappa shape index (κ3) is 14.5. The van der Waals surface area contributed by atoms with Crippen LogP contribution in [-0.4, -0.2) is 60.1 Å². The molecule has 0 aromatic heterocycles. The predicted octanol–water partition coefficient (Wildman–Crippen LogP) is 13.1. The van der Waals surface area contributed by atoms with Gasteiger partial charge in [0.05, 0.1) is 34.9 Å². The maximum absolute atomic E-state index is 10.7. The van der Waals surface area contributed by atoms with Gasteiger partial charge in [-0.15, -0.1) is 0 Å². The van der Waals surface area contributed by atoms with Crippen LogP contribution in [0.1, 0.15) is 93.8 Å². The number of nitrogens with zero attached hydrogens (tertiary/aromatic N) is 5. The summed E-state index contributed by atoms with van der Waals surface area (Å²) in [5.74, 6) is 2.56. The van der Waals surface area contributed by atoms with Crippen molar-refractivity contribution in [2.24, 2.45) is 5.92 Å². The number of carbonyl (C=O) groups is 1. The van der Waals surface area contributed by atoms with Gasteiger partial charge >= 0.3 is 0 Å². The first kappa shape index (κ1) is 54.8. The van der Waals surface area contributed by atoms with Crippen LogP contribution < -0.4 is 9.64 Å². The number of anilines is 1. The van der Waals surface area contributed by atoms with Crippen molar-refractivity contribution in [1.82, 2.24) is 0 Å². The number of aldehydes is 1. The zero-order chi connectivity index (χ0) is 53.2. The third-order valence-electron chi connectivity index (χ3n) is 12.0. The highest BCUT2D eigenvalue weighted by atomic mass is 16.5. The summed E-state index contributed by atoms with van der Waals surface area (Å²) in [4.78, 5) is 12.0. The van der Waals surface area contributed by atoms with Gasteiger partial charge in [0.25, 0.3) is 0 Å². The van der Waals surface area contributed by atoms with Gasteiger partial charge in [0.2, 0.25) is 5.71 Å². The Morgan fingerprint density at radius 1 is 0.685 bits per heavy atom. The van der Waals surface area contributed by atoms with Crippen molar-refractivity contribution in [3.8, 4) is 41.2 Å². The van der Waals surface area contributed by atoms with E-state index in [1.54, 1.807) is 60.7 Å². The number of carbonyl (C=O) groups excluding carboxylic acids is 1. The molecule has 9 rings (SSSR count). The SMILES string of the molecule is C.Cc1ccc(C(c2ccc(C#N)cc2)c2ccc(N(C)C)cc2O)c(O)c1.Cc1ccc2c(c1)OC1=CC(=[N+](C)C)C=CC1C2c1ccc(C#N)cc1.Cc1cccc(O)c1.N#Cc1ccc(C=O)cc1.[2H][2H].[CH3-]. The first-order valence-electron chi connectivity index (χ1n) is 23.9. The van der Waals surface area contributed by atoms with E-state index in [4.69, 9.17) is 28.6 Å². The van der Waals surface area contributed by atoms with Crippen molar-refractivity contribution in [2.45, 2.75) is 40.0 Å². The van der Waals surface area contributed by atoms with Crippen molar-refractivity contribution in [2.75, 3.05) is 33.1 Å². The van der Waals surface area contributed by atoms with Gasteiger partial charge in [-0.05, 0) is 115 Å². The minimum absolute atomic E-state index is 0. The highest BCUT2D eigenvalue weighted by Crippen LogP contribution is 2.47. The number of aromatic hydroxyl groups is 3. The first-order valence-corrected chi connectivity index (χ1v) is 22.9. The van der Waals surface area contributed by atoms with Crippen molar-refractivity contribution < 1.29 is 32.4 Å². The molecule has 0 spiro atoms. The highest BCUT2D eigenvalue weighted by molar-refractivity contribution is 6.01. The molecule has 0 bridgehead atoms. The normalized spacial score (nSPS) is 13.8. The van der Waals surface area contributed by atoms with Gasteiger partial charge in [-0.25, -0.2) is 4.58 Å². The van der Waals surface area contributed by atoms with Crippen LogP contribution in [0.5, 0.6) is 23.0 Å². The minimum Gasteiger partial charge on any atom is -0.508 e. The van der Waals surface area contributed by atoms with Crippen LogP contribution in [0, 0.1) is 68.1 Å². The Morgan fingerprint density at radius 2 is 1.22 bits per heavy atom. The average Bonchev–Trinajstić information content (AvgIpc) is 3.40. The summed E-state index contributed by atoms with van der Waals surface area (Å²) in [6, 6.07) is 52.5. The van der Waals surface area contributed by atoms with Crippen LogP contribution in [0.3, 0.4) is 0 Å². The number of ether oxygens (including phenoxy) is 1. The van der Waals surface area contributed by atoms with Crippen LogP contribution in [-0.2, 0) is 0 Å². The second kappa shape index (κ2) is 26.2. The van der Waals surface area contributed by atoms with Crippen molar-refractivity contribution in [1.29, 1.82) is 15.8 Å². The Labute approximate surface area is 434 Å². The number of nitriles is 3. The monoisotopic (exact) mass is 974 g/mol. The molecule has 7 aromatic carbocycles. The second-order valence-electron chi connectivity index (χ2n) is 17.7. The Kier molecular flexibility index (Phi) is 19.6. The fourth-order valence-corrected chi connectivity index (χ4v) is 8.19. The van der Waals surface area contributed by atoms with Crippen molar-refractivity contribution >= 4 is 17.7 Å². The average molecular weight is 974 g/mol. The number of phenolic OH excluding ortho intramolecular Hbond substituents is 3. The summed E-state index contributed by atoms with van der Waals surface area (Å²) in [6.07, 6.45) is 7.28. The number of fused-ring (bicyclic) bond motifs is 2. The van der Waals surface area contributed by atoms with E-state index >= 15 is 0 Å². The second-order valence-corrected chi connectivity index (χ2v) is 17.7. The lowest BCUT2D eigenvalue weighted by Crippen LogP contribution is -2.27. The van der Waals surface area contributed by atoms with E-state index in [9.17, 15) is 15.0 Å². The zero-order valence-corrected chi connectivity index (χ0v) is 41.9. The molecule has 1 aliphatic carbocycles. The molecule has 10 nitrogen and oxygen atoms in total. The number of hydrogen-bond acceptors (Lipinski definition) is 9. The van der Waals surface area contributed by atoms with E-state index in [1.165, 1.54) is 16.7 Å². The first-order chi connectivity index (χ1) is 35.1. The van der Waals surface area contributed by atoms with Crippen molar-refractivity contribution in [3.63, 3.8) is 0 Å². The van der Waals surface area contributed by atoms with Gasteiger partial charge in [0.15, 0.2) is 0 Å². The fourth-order valence-electron chi connectivity index (χ4n) is 8.19. The number of aryl methyl sites for hydroxylation is 3. The third-order valence-corrected chi connectivity index (χ3v) is 12.0. The van der Waals surface area contributed by atoms with E-state index in [2.05, 4.69) is 72.2 Å². The molecule has 0 fully saturated rings. The van der Waals surface area contributed by atoms with E-state index in [-0.39, 0.29) is 44.1 Å². The molecule has 2 aliphatic rings. The Morgan fingerprint density at radius 3 is 1.73 bits per heavy atom. The molecule has 73 heavy (non-hydrogen) atoms. The zero-order valence-electron chi connectivity index (χ0n) is 43.9. The van der Waals surface area contributed by atoms with Gasteiger partial charge < -0.3 is 32.4 Å². The molecule has 0 saturated carbocycles. The lowest BCUT2D eigenvalue weighted by molar-refractivity contribution is -0.462. The summed E-state index contributed by atoms with van der Waals surface area (Å²) in [7, 11) is 7.91. The maximum Gasteiger partial charge on any atom is 0.202 e. The summed E-state index contributed by atoms with van der Waals surface area (Å²) in [5.41, 5.74) is 12.4. The molecule has 7 aromatic rings. The molecular formula is C63H65N5O5. The molecule has 3 N–H and O–H groups in total. The number of hydrogen-bond donors (Lipinski definition) is 3. The highest BCUT2D eigenvalue weighted by Gasteiger charge is 2.37. The number of benzene rings is 7. The molecule has 10 heteroatoms. The van der Waals surface area contributed by atoms with E-state index in [0.717, 1.165) is 45.9 Å². The molecule has 1 heterocycles. The smallest absolute Gasteiger partial charge is 0.202 e. The quantitative estimate of drug-likeness (QED) is 0.0636. The van der Waals surface area contributed by atoms with Gasteiger partial charge in [-0.3, -0.25) is 4.79 Å². The largest absolute Gasteiger partial charge is 0.508 e. The molecule has 3 unspecified atom stereocenters. The van der Waals surface area contributed by atoms with E-state index in [0.29, 0.717) is 39.1 Å². The van der Waals surface area contributed by atoms with Crippen LogP contribution >= 0.6 is 0 Å². The Bertz CT molecular complexity index is 3230. The molecule has 3 atom stereocenters. The fraction of sp³-hybridized carbons (Fsp3) is 0.175. The predicted molar refractivity (Wildman–Crippen MR) is 295 cm³/mol. The number of allylic oxidation sites excluding steroid dienone is 3. The van der Waals surface area contributed by atoms with Gasteiger partial charge in [-0.1, -0.05) is 92.4 Å². The summed E-state index contributed by atoms with van der Waals surface area (Å²) in [6.45, 7) is 5.95. The van der Waals surface area contributed by atoms with E-state index in [1.807, 2.05) is 114 Å². The van der Waals surface area contributed by atoms with Crippen LogP contribution in [0.4, 0.5) is 5.69 Å². The molecule has 1 aliphatic heterocycles. The topological polar surface area (TPSA) is 165 Å². The maximum atomic E-state index is 10.7. The standard InChI is InChI=1S/C23H22N2O2.C23H21N2O.C8H5NO.C7H8O.CH4.CH3.H2/c1-15-4-10-19(21(26)12-15)23(17-7-5-16(14-24)6-8-17)20-11-9-18(25(2)3)13-22(20)27;1-15-4-10-19-21(12-15)26-22-13-18(25(2)3)9-11-20(22)23(19)17-7-5-16(14-24)6-8-17;9-5-7-1-3-8(6-10)4-2-7;1-6-3-2-4-7(8)5-6;;;/h4-13,23,26-27H,1-3H3;4-13,20,23H,1-3H3;1-4,6H;2-5,8H,1H3;1H4;1H3;1H/q;+1;;;;-1;/i;;;;;;1+1D. The van der Waals surface area contributed by atoms with Crippen LogP contribution in [0.15, 0.2) is 176 Å². The van der Waals surface area contributed by atoms with Crippen LogP contribution in [0.25, 0.3) is 0 Å². The lowest BCUT2D eigenvalue weighted by Gasteiger charge is -2.35. The summed E-state index contributed by atoms with van der Waals surface area (Å²) >= 11 is 0. The Balaban J connectivity index is 0.000000285.